The Kier molecular flexibility index (Phi) is 26.7. The molecule has 0 aromatic heterocycles. The number of rotatable bonds is 28. The van der Waals surface area contributed by atoms with E-state index >= 15 is 8.78 Å². The molecule has 29 heteroatoms. The average molecular weight is 1520 g/mol. The zero-order valence-corrected chi connectivity index (χ0v) is 66.2. The normalized spacial score (nSPS) is 35.2. The van der Waals surface area contributed by atoms with Gasteiger partial charge in [0.1, 0.15) is 17.8 Å². The van der Waals surface area contributed by atoms with Gasteiger partial charge in [-0.25, -0.2) is 19.6 Å². The van der Waals surface area contributed by atoms with E-state index < -0.39 is 188 Å². The third-order valence-corrected chi connectivity index (χ3v) is 26.8. The van der Waals surface area contributed by atoms with Crippen molar-refractivity contribution in [3.8, 4) is 0 Å². The second-order valence-corrected chi connectivity index (χ2v) is 35.0. The maximum Gasteiger partial charge on any atom is 0.259 e. The number of amides is 8. The number of carbonyl (C=O) groups excluding carboxylic acids is 10. The zero-order chi connectivity index (χ0) is 81.3. The fraction of sp³-hybridized carbons (Fsp3) is 0.747. The van der Waals surface area contributed by atoms with Crippen molar-refractivity contribution in [3.05, 3.63) is 47.6 Å². The van der Waals surface area contributed by atoms with Gasteiger partial charge in [-0.05, 0) is 159 Å². The quantitative estimate of drug-likeness (QED) is 0.0387. The minimum Gasteiger partial charge on any atom is -0.392 e. The van der Waals surface area contributed by atoms with Crippen LogP contribution < -0.4 is 42.8 Å². The molecule has 8 rings (SSSR count). The fourth-order valence-electron chi connectivity index (χ4n) is 20.3. The van der Waals surface area contributed by atoms with Gasteiger partial charge in [-0.3, -0.25) is 47.9 Å². The molecule has 604 valence electrons. The summed E-state index contributed by atoms with van der Waals surface area (Å²) in [5.74, 6) is -7.79. The molecule has 6 saturated carbocycles. The number of hydrogen-bond donors (Lipinski definition) is 15. The highest BCUT2D eigenvalue weighted by atomic mass is 19.1. The maximum atomic E-state index is 17.6. The van der Waals surface area contributed by atoms with Gasteiger partial charge in [0.25, 0.3) is 11.8 Å². The number of aliphatic hydroxyl groups excluding tert-OH is 5. The highest BCUT2D eigenvalue weighted by Gasteiger charge is 2.77. The molecule has 20 unspecified atom stereocenters. The summed E-state index contributed by atoms with van der Waals surface area (Å²) in [6, 6.07) is 0. The summed E-state index contributed by atoms with van der Waals surface area (Å²) in [5.41, 5.74) is -9.10. The van der Waals surface area contributed by atoms with Crippen LogP contribution >= 0.6 is 0 Å². The minimum atomic E-state index is -2.11. The monoisotopic (exact) mass is 1520 g/mol. The van der Waals surface area contributed by atoms with E-state index in [0.717, 1.165) is 0 Å². The molecule has 15 N–H and O–H groups in total. The molecule has 27 nitrogen and oxygen atoms in total. The smallest absolute Gasteiger partial charge is 0.259 e. The molecular weight excluding hydrogens is 1400 g/mol. The molecule has 0 spiro atoms. The number of nitrogens with zero attached hydrogens (tertiary/aromatic N) is 2. The first-order valence-corrected chi connectivity index (χ1v) is 38.4. The highest BCUT2D eigenvalue weighted by molar-refractivity contribution is 6.06. The number of ketones is 2. The first-order valence-electron chi connectivity index (χ1n) is 38.4. The third-order valence-electron chi connectivity index (χ3n) is 26.8. The Bertz CT molecular complexity index is 3690. The summed E-state index contributed by atoms with van der Waals surface area (Å²) in [6.07, 6.45) is 8.92. The van der Waals surface area contributed by atoms with Gasteiger partial charge < -0.3 is 67.6 Å². The Morgan fingerprint density at radius 1 is 0.565 bits per heavy atom. The van der Waals surface area contributed by atoms with Crippen LogP contribution in [0.4, 0.5) is 8.78 Å². The SMILES string of the molecule is CCC(=NNC(=O)CNC(=O)CNC(=O)C(C)(C)CC(C)(CC)C(=O)NCC(C)O)C1(O)C(C)CC2C3CCC4=CC(=O)C=CC4(C)C3(F)C(O)CC21C.CCC(C)(CC(C)(C)C(=O)NCC(=O)NCC(=O)NN=C1C=CC2(C)C(=C1)CCC1C3CC(C)C(O)(C(=O)CO)C3(C)CC(O)C12F)C(=O)NCC(C)O. The van der Waals surface area contributed by atoms with Gasteiger partial charge in [-0.15, -0.1) is 0 Å². The molecule has 0 aromatic rings. The van der Waals surface area contributed by atoms with Gasteiger partial charge in [0.15, 0.2) is 22.9 Å². The number of fused-ring (bicyclic) bond motifs is 10. The standard InChI is InChI=1S/C40H62FN5O8.C39H60FN5O9/c1-10-29(45-46-32(51)21-42-31(50)20-44-33(52)35(5,6)22-36(7,11-2)34(53)43-19-24(4)47)40(54)23(3)16-28-27-13-12-25-17-26(48)14-15-37(25,8)39(27,41)30(49)18-38(28,40)9;1-9-35(6,33(53)42-17-23(3)47)21-34(4,5)32(52)43-18-30(50)41-19-31(51)45-44-25-12-13-36(7)24(15-25)10-11-26-27-14-22(2)39(54,29(49)20-46)37(27,8)16-28(48)38(26,36)40/h14-15,17,23-24,27-28,30,47,49,54H,10-13,16,18-22H2,1-9H3,(H,42,50)(H,43,53)(H,44,52)(H,46,51);12-13,15,22-23,26-28,46-48,54H,9-11,14,16-21H2,1-8H3,(H,41,50)(H,42,53)(H,43,52)(H,45,51). The number of aliphatic hydroxyl groups is 7. The van der Waals surface area contributed by atoms with Crippen molar-refractivity contribution in [2.24, 2.45) is 89.0 Å². The average Bonchev–Trinajstić information content (AvgIpc) is 1.38. The van der Waals surface area contributed by atoms with Gasteiger partial charge in [-0.1, -0.05) is 113 Å². The van der Waals surface area contributed by atoms with E-state index in [2.05, 4.69) is 53.0 Å². The lowest BCUT2D eigenvalue weighted by molar-refractivity contribution is -0.219. The van der Waals surface area contributed by atoms with E-state index in [1.807, 2.05) is 27.7 Å². The molecule has 6 fully saturated rings. The topological polar surface area (TPSA) is 433 Å². The van der Waals surface area contributed by atoms with Crippen molar-refractivity contribution in [3.63, 3.8) is 0 Å². The van der Waals surface area contributed by atoms with Crippen LogP contribution in [-0.2, 0) is 47.9 Å². The van der Waals surface area contributed by atoms with Gasteiger partial charge >= 0.3 is 0 Å². The predicted octanol–water partition coefficient (Wildman–Crippen LogP) is 4.14. The number of Topliss-reactive ketones (excluding diaryl/α,β-unsaturated/α-hetero) is 1. The lowest BCUT2D eigenvalue weighted by Crippen LogP contribution is -2.69. The summed E-state index contributed by atoms with van der Waals surface area (Å²) in [5, 5.41) is 100. The van der Waals surface area contributed by atoms with Crippen LogP contribution in [0.1, 0.15) is 201 Å². The number of hydrazone groups is 2. The molecule has 0 saturated heterocycles. The van der Waals surface area contributed by atoms with Crippen molar-refractivity contribution in [1.82, 2.24) is 42.8 Å². The van der Waals surface area contributed by atoms with Crippen molar-refractivity contribution in [2.45, 2.75) is 248 Å². The van der Waals surface area contributed by atoms with Crippen molar-refractivity contribution in [2.75, 3.05) is 45.9 Å². The third kappa shape index (κ3) is 16.1. The van der Waals surface area contributed by atoms with Crippen LogP contribution in [0, 0.1) is 78.8 Å². The molecule has 0 bridgehead atoms. The summed E-state index contributed by atoms with van der Waals surface area (Å²) < 4.78 is 35.2. The van der Waals surface area contributed by atoms with E-state index in [1.54, 1.807) is 114 Å². The number of halogens is 2. The molecule has 8 aliphatic carbocycles. The van der Waals surface area contributed by atoms with Gasteiger partial charge in [0.2, 0.25) is 35.4 Å². The Hall–Kier alpha value is -7.02. The van der Waals surface area contributed by atoms with Crippen LogP contribution in [0.3, 0.4) is 0 Å². The highest BCUT2D eigenvalue weighted by Crippen LogP contribution is 2.73. The summed E-state index contributed by atoms with van der Waals surface area (Å²) in [6.45, 7) is 27.1. The predicted molar refractivity (Wildman–Crippen MR) is 399 cm³/mol. The second kappa shape index (κ2) is 32.7. The van der Waals surface area contributed by atoms with E-state index in [0.29, 0.717) is 68.2 Å². The largest absolute Gasteiger partial charge is 0.392 e. The molecule has 0 radical (unpaired) electrons. The van der Waals surface area contributed by atoms with Crippen molar-refractivity contribution in [1.29, 1.82) is 0 Å². The summed E-state index contributed by atoms with van der Waals surface area (Å²) in [7, 11) is 0. The van der Waals surface area contributed by atoms with Crippen molar-refractivity contribution < 1.29 is 92.5 Å². The lowest BCUT2D eigenvalue weighted by atomic mass is 9.44. The van der Waals surface area contributed by atoms with Gasteiger partial charge in [0, 0.05) is 68.2 Å². The number of allylic oxidation sites excluding steroid dienone is 8. The summed E-state index contributed by atoms with van der Waals surface area (Å²) >= 11 is 0. The Balaban J connectivity index is 0.000000301. The van der Waals surface area contributed by atoms with Crippen molar-refractivity contribution >= 4 is 70.2 Å². The Labute approximate surface area is 633 Å². The van der Waals surface area contributed by atoms with E-state index in [4.69, 9.17) is 0 Å². The van der Waals surface area contributed by atoms with Crippen LogP contribution in [0.5, 0.6) is 0 Å². The zero-order valence-electron chi connectivity index (χ0n) is 66.2. The van der Waals surface area contributed by atoms with Crippen LogP contribution in [0.2, 0.25) is 0 Å². The Morgan fingerprint density at radius 3 is 1.38 bits per heavy atom. The maximum absolute atomic E-state index is 17.6. The second-order valence-electron chi connectivity index (χ2n) is 35.0. The number of carbonyl (C=O) groups is 10. The Morgan fingerprint density at radius 2 is 0.963 bits per heavy atom. The fourth-order valence-corrected chi connectivity index (χ4v) is 20.3. The molecule has 0 aliphatic heterocycles. The van der Waals surface area contributed by atoms with Crippen LogP contribution in [0.25, 0.3) is 0 Å². The molecule has 0 heterocycles. The van der Waals surface area contributed by atoms with E-state index in [1.165, 1.54) is 12.2 Å². The summed E-state index contributed by atoms with van der Waals surface area (Å²) in [4.78, 5) is 127. The molecule has 8 amide bonds. The molecule has 20 atom stereocenters. The molecular formula is C79H122F2N10O17. The van der Waals surface area contributed by atoms with Gasteiger partial charge in [-0.2, -0.15) is 10.2 Å². The number of nitrogens with one attached hydrogen (secondary N) is 8. The number of hydrogen-bond acceptors (Lipinski definition) is 19. The number of alkyl halides is 2. The minimum absolute atomic E-state index is 0.0460. The van der Waals surface area contributed by atoms with Crippen LogP contribution in [-0.4, -0.2) is 199 Å². The molecule has 0 aromatic carbocycles. The first-order chi connectivity index (χ1) is 49.9. The van der Waals surface area contributed by atoms with E-state index in [-0.39, 0.29) is 80.3 Å². The molecule has 8 aliphatic rings. The lowest BCUT2D eigenvalue weighted by Gasteiger charge is -2.62. The first kappa shape index (κ1) is 88.2. The molecule has 108 heavy (non-hydrogen) atoms. The van der Waals surface area contributed by atoms with Gasteiger partial charge in [0.05, 0.1) is 62.0 Å². The van der Waals surface area contributed by atoms with Crippen LogP contribution in [0.15, 0.2) is 57.8 Å². The van der Waals surface area contributed by atoms with E-state index in [9.17, 15) is 83.7 Å².